The number of hydrogen-bond donors (Lipinski definition) is 1. The normalized spacial score (nSPS) is 13.1. The van der Waals surface area contributed by atoms with Gasteiger partial charge in [0, 0.05) is 45.9 Å². The highest BCUT2D eigenvalue weighted by atomic mass is 32.2. The smallest absolute Gasteiger partial charge is 0.242 e. The molecule has 9 heteroatoms. The second kappa shape index (κ2) is 9.01. The minimum Gasteiger partial charge on any atom is -0.469 e. The first-order valence-electron chi connectivity index (χ1n) is 9.95. The number of carbonyl (C=O) groups excluding carboxylic acids is 1. The summed E-state index contributed by atoms with van der Waals surface area (Å²) < 4.78 is 33.3. The Bertz CT molecular complexity index is 1120. The summed E-state index contributed by atoms with van der Waals surface area (Å²) in [6.45, 7) is 4.62. The summed E-state index contributed by atoms with van der Waals surface area (Å²) in [5, 5.41) is 2.98. The van der Waals surface area contributed by atoms with E-state index in [0.29, 0.717) is 31.3 Å². The van der Waals surface area contributed by atoms with Crippen LogP contribution in [0.4, 0.5) is 0 Å². The predicted octanol–water partition coefficient (Wildman–Crippen LogP) is 2.58. The Morgan fingerprint density at radius 1 is 1.30 bits per heavy atom. The first-order valence-corrected chi connectivity index (χ1v) is 11.4. The van der Waals surface area contributed by atoms with Gasteiger partial charge in [-0.15, -0.1) is 0 Å². The Balaban J connectivity index is 1.71. The number of rotatable bonds is 9. The van der Waals surface area contributed by atoms with Crippen molar-refractivity contribution in [2.24, 2.45) is 0 Å². The van der Waals surface area contributed by atoms with Crippen LogP contribution in [-0.2, 0) is 34.2 Å². The third-order valence-electron chi connectivity index (χ3n) is 4.96. The fourth-order valence-corrected chi connectivity index (χ4v) is 4.35. The Kier molecular flexibility index (Phi) is 6.62. The molecule has 0 saturated heterocycles. The highest BCUT2D eigenvalue weighted by Crippen LogP contribution is 2.22. The fraction of sp³-hybridized carbons (Fsp3) is 0.429. The molecule has 0 aliphatic carbocycles. The van der Waals surface area contributed by atoms with Crippen molar-refractivity contribution < 1.29 is 17.6 Å². The SMILES string of the molecule is CCn1c(CCC(=O)NC(C)Cc2ccco2)nc2cc(S(=O)(=O)N(C)C)ccc21. The third-order valence-corrected chi connectivity index (χ3v) is 6.78. The van der Waals surface area contributed by atoms with E-state index in [1.54, 1.807) is 24.5 Å². The molecule has 0 saturated carbocycles. The van der Waals surface area contributed by atoms with Gasteiger partial charge in [-0.1, -0.05) is 0 Å². The summed E-state index contributed by atoms with van der Waals surface area (Å²) in [5.74, 6) is 1.54. The molecule has 0 aliphatic heterocycles. The van der Waals surface area contributed by atoms with Crippen molar-refractivity contribution >= 4 is 27.0 Å². The number of nitrogens with one attached hydrogen (secondary N) is 1. The highest BCUT2D eigenvalue weighted by Gasteiger charge is 2.20. The number of amides is 1. The lowest BCUT2D eigenvalue weighted by Crippen LogP contribution is -2.34. The first kappa shape index (κ1) is 22.0. The minimum atomic E-state index is -3.53. The van der Waals surface area contributed by atoms with E-state index in [1.807, 2.05) is 30.5 Å². The number of aromatic nitrogens is 2. The second-order valence-electron chi connectivity index (χ2n) is 7.46. The van der Waals surface area contributed by atoms with Crippen molar-refractivity contribution in [1.29, 1.82) is 0 Å². The Morgan fingerprint density at radius 2 is 2.07 bits per heavy atom. The molecule has 162 valence electrons. The number of nitrogens with zero attached hydrogens (tertiary/aromatic N) is 3. The summed E-state index contributed by atoms with van der Waals surface area (Å²) in [4.78, 5) is 17.2. The van der Waals surface area contributed by atoms with Crippen LogP contribution in [0, 0.1) is 0 Å². The van der Waals surface area contributed by atoms with E-state index in [-0.39, 0.29) is 16.8 Å². The number of carbonyl (C=O) groups is 1. The quantitative estimate of drug-likeness (QED) is 0.560. The zero-order valence-electron chi connectivity index (χ0n) is 17.8. The van der Waals surface area contributed by atoms with E-state index in [1.165, 1.54) is 18.4 Å². The summed E-state index contributed by atoms with van der Waals surface area (Å²) in [6.07, 6.45) is 3.02. The predicted molar refractivity (Wildman–Crippen MR) is 115 cm³/mol. The van der Waals surface area contributed by atoms with Gasteiger partial charge in [0.2, 0.25) is 15.9 Å². The summed E-state index contributed by atoms with van der Waals surface area (Å²) in [7, 11) is -0.525. The van der Waals surface area contributed by atoms with Crippen molar-refractivity contribution in [2.75, 3.05) is 14.1 Å². The second-order valence-corrected chi connectivity index (χ2v) is 9.61. The zero-order chi connectivity index (χ0) is 21.9. The van der Waals surface area contributed by atoms with Crippen molar-refractivity contribution in [3.8, 4) is 0 Å². The van der Waals surface area contributed by atoms with E-state index in [2.05, 4.69) is 10.3 Å². The molecule has 0 radical (unpaired) electrons. The Labute approximate surface area is 176 Å². The third kappa shape index (κ3) is 4.73. The molecule has 0 spiro atoms. The van der Waals surface area contributed by atoms with Gasteiger partial charge in [-0.3, -0.25) is 4.79 Å². The monoisotopic (exact) mass is 432 g/mol. The van der Waals surface area contributed by atoms with Crippen LogP contribution in [0.3, 0.4) is 0 Å². The molecule has 0 bridgehead atoms. The maximum Gasteiger partial charge on any atom is 0.242 e. The molecule has 2 heterocycles. The number of furan rings is 1. The number of hydrogen-bond acceptors (Lipinski definition) is 5. The molecule has 30 heavy (non-hydrogen) atoms. The molecule has 3 aromatic rings. The summed E-state index contributed by atoms with van der Waals surface area (Å²) in [5.41, 5.74) is 1.47. The van der Waals surface area contributed by atoms with Gasteiger partial charge in [-0.25, -0.2) is 17.7 Å². The molecule has 1 aromatic carbocycles. The molecule has 2 aromatic heterocycles. The van der Waals surface area contributed by atoms with Crippen LogP contribution in [-0.4, -0.2) is 48.3 Å². The topological polar surface area (TPSA) is 97.4 Å². The number of sulfonamides is 1. The number of benzene rings is 1. The molecule has 3 rings (SSSR count). The zero-order valence-corrected chi connectivity index (χ0v) is 18.6. The highest BCUT2D eigenvalue weighted by molar-refractivity contribution is 7.89. The molecule has 8 nitrogen and oxygen atoms in total. The van der Waals surface area contributed by atoms with Crippen molar-refractivity contribution in [3.63, 3.8) is 0 Å². The largest absolute Gasteiger partial charge is 0.469 e. The Morgan fingerprint density at radius 3 is 2.70 bits per heavy atom. The number of imidazole rings is 1. The molecular weight excluding hydrogens is 404 g/mol. The van der Waals surface area contributed by atoms with Crippen molar-refractivity contribution in [1.82, 2.24) is 19.2 Å². The lowest BCUT2D eigenvalue weighted by atomic mass is 10.2. The number of aryl methyl sites for hydroxylation is 2. The molecule has 1 N–H and O–H groups in total. The molecule has 0 aliphatic rings. The van der Waals surface area contributed by atoms with Crippen molar-refractivity contribution in [3.05, 3.63) is 48.2 Å². The molecule has 1 amide bonds. The van der Waals surface area contributed by atoms with Crippen LogP contribution in [0.25, 0.3) is 11.0 Å². The molecule has 1 unspecified atom stereocenters. The van der Waals surface area contributed by atoms with Gasteiger partial charge in [0.25, 0.3) is 0 Å². The van der Waals surface area contributed by atoms with Crippen molar-refractivity contribution in [2.45, 2.75) is 50.6 Å². The van der Waals surface area contributed by atoms with Crippen LogP contribution in [0.15, 0.2) is 45.9 Å². The average molecular weight is 433 g/mol. The lowest BCUT2D eigenvalue weighted by Gasteiger charge is -2.13. The molecule has 1 atom stereocenters. The maximum atomic E-state index is 12.4. The minimum absolute atomic E-state index is 0.0348. The summed E-state index contributed by atoms with van der Waals surface area (Å²) >= 11 is 0. The van der Waals surface area contributed by atoms with Crippen LogP contribution in [0.5, 0.6) is 0 Å². The van der Waals surface area contributed by atoms with Gasteiger partial charge >= 0.3 is 0 Å². The van der Waals surface area contributed by atoms with Crippen LogP contribution >= 0.6 is 0 Å². The van der Waals surface area contributed by atoms with Gasteiger partial charge in [0.15, 0.2) is 0 Å². The van der Waals surface area contributed by atoms with E-state index >= 15 is 0 Å². The molecular formula is C21H28N4O4S. The van der Waals surface area contributed by atoms with Gasteiger partial charge in [0.05, 0.1) is 22.2 Å². The average Bonchev–Trinajstić information content (AvgIpc) is 3.32. The lowest BCUT2D eigenvalue weighted by molar-refractivity contribution is -0.121. The van der Waals surface area contributed by atoms with E-state index in [0.717, 1.165) is 17.1 Å². The van der Waals surface area contributed by atoms with Gasteiger partial charge < -0.3 is 14.3 Å². The first-order chi connectivity index (χ1) is 14.2. The van der Waals surface area contributed by atoms with Crippen LogP contribution in [0.1, 0.15) is 31.9 Å². The van der Waals surface area contributed by atoms with Gasteiger partial charge in [-0.2, -0.15) is 0 Å². The summed E-state index contributed by atoms with van der Waals surface area (Å²) in [6, 6.07) is 8.64. The molecule has 0 fully saturated rings. The van der Waals surface area contributed by atoms with Gasteiger partial charge in [-0.05, 0) is 44.2 Å². The van der Waals surface area contributed by atoms with Crippen LogP contribution in [0.2, 0.25) is 0 Å². The van der Waals surface area contributed by atoms with E-state index in [9.17, 15) is 13.2 Å². The maximum absolute atomic E-state index is 12.4. The standard InChI is InChI=1S/C21H28N4O4S/c1-5-25-19-9-8-17(30(27,28)24(3)4)14-18(19)23-20(25)10-11-21(26)22-15(2)13-16-7-6-12-29-16/h6-9,12,14-15H,5,10-11,13H2,1-4H3,(H,22,26). The fourth-order valence-electron chi connectivity index (χ4n) is 3.43. The Hall–Kier alpha value is -2.65. The van der Waals surface area contributed by atoms with E-state index in [4.69, 9.17) is 4.42 Å². The van der Waals surface area contributed by atoms with E-state index < -0.39 is 10.0 Å². The number of fused-ring (bicyclic) bond motifs is 1. The van der Waals surface area contributed by atoms with Crippen LogP contribution < -0.4 is 5.32 Å². The van der Waals surface area contributed by atoms with Gasteiger partial charge in [0.1, 0.15) is 11.6 Å².